The zero-order chi connectivity index (χ0) is 10.9. The van der Waals surface area contributed by atoms with Crippen molar-refractivity contribution in [3.63, 3.8) is 0 Å². The Bertz CT molecular complexity index is 435. The second-order valence-electron chi connectivity index (χ2n) is 4.31. The van der Waals surface area contributed by atoms with Gasteiger partial charge in [-0.25, -0.2) is 4.79 Å². The lowest BCUT2D eigenvalue weighted by atomic mass is 10.1. The van der Waals surface area contributed by atoms with Gasteiger partial charge in [-0.2, -0.15) is 0 Å². The smallest absolute Gasteiger partial charge is 0.295 e. The Morgan fingerprint density at radius 3 is 2.36 bits per heavy atom. The number of nitrogens with one attached hydrogen (secondary N) is 1. The lowest BCUT2D eigenvalue weighted by molar-refractivity contribution is 0.374. The average Bonchev–Trinajstić information content (AvgIpc) is 2.02. The monoisotopic (exact) mass is 196 g/mol. The first kappa shape index (κ1) is 10.8. The van der Waals surface area contributed by atoms with Gasteiger partial charge in [0.15, 0.2) is 0 Å². The van der Waals surface area contributed by atoms with Crippen LogP contribution < -0.4 is 11.2 Å². The summed E-state index contributed by atoms with van der Waals surface area (Å²) in [7, 11) is 0. The van der Waals surface area contributed by atoms with Gasteiger partial charge in [0.2, 0.25) is 0 Å². The van der Waals surface area contributed by atoms with E-state index in [0.29, 0.717) is 12.0 Å². The summed E-state index contributed by atoms with van der Waals surface area (Å²) in [5, 5.41) is 0. The van der Waals surface area contributed by atoms with Crippen LogP contribution in [0.3, 0.4) is 0 Å². The molecular formula is C10H16N2O2. The highest BCUT2D eigenvalue weighted by Crippen LogP contribution is 2.09. The third-order valence-electron chi connectivity index (χ3n) is 2.12. The molecule has 4 nitrogen and oxygen atoms in total. The number of aromatic amines is 1. The van der Waals surface area contributed by atoms with Crippen LogP contribution >= 0.6 is 0 Å². The Morgan fingerprint density at radius 1 is 1.36 bits per heavy atom. The standard InChI is InChI=1S/C10H16N2O2/c1-5-7-6-12(10(2,3)4)9(14)11-8(7)13/h6H,5H2,1-4H3,(H,11,13,14). The predicted octanol–water partition coefficient (Wildman–Crippen LogP) is 0.854. The molecule has 0 fully saturated rings. The summed E-state index contributed by atoms with van der Waals surface area (Å²) in [6.07, 6.45) is 2.27. The molecular weight excluding hydrogens is 180 g/mol. The molecule has 0 aromatic carbocycles. The molecule has 0 unspecified atom stereocenters. The Balaban J connectivity index is 3.48. The molecule has 0 aliphatic heterocycles. The zero-order valence-corrected chi connectivity index (χ0v) is 9.05. The molecule has 1 aromatic heterocycles. The van der Waals surface area contributed by atoms with Gasteiger partial charge in [0.1, 0.15) is 0 Å². The van der Waals surface area contributed by atoms with E-state index < -0.39 is 0 Å². The van der Waals surface area contributed by atoms with Crippen LogP contribution in [0.15, 0.2) is 15.8 Å². The summed E-state index contributed by atoms with van der Waals surface area (Å²) in [5.74, 6) is 0. The number of hydrogen-bond donors (Lipinski definition) is 1. The minimum Gasteiger partial charge on any atom is -0.295 e. The van der Waals surface area contributed by atoms with E-state index in [0.717, 1.165) is 0 Å². The normalized spacial score (nSPS) is 11.7. The Labute approximate surface area is 82.6 Å². The van der Waals surface area contributed by atoms with Crippen LogP contribution in [0.1, 0.15) is 33.3 Å². The van der Waals surface area contributed by atoms with Crippen molar-refractivity contribution < 1.29 is 0 Å². The lowest BCUT2D eigenvalue weighted by Gasteiger charge is -2.22. The second kappa shape index (κ2) is 3.44. The molecule has 0 atom stereocenters. The SMILES string of the molecule is CCc1cn(C(C)(C)C)c(=O)[nH]c1=O. The number of nitrogens with zero attached hydrogens (tertiary/aromatic N) is 1. The van der Waals surface area contributed by atoms with Crippen LogP contribution in [-0.2, 0) is 12.0 Å². The fraction of sp³-hybridized carbons (Fsp3) is 0.600. The molecule has 1 aromatic rings. The molecule has 0 aliphatic carbocycles. The van der Waals surface area contributed by atoms with Crippen molar-refractivity contribution in [2.24, 2.45) is 0 Å². The minimum atomic E-state index is -0.347. The fourth-order valence-electron chi connectivity index (χ4n) is 1.26. The Hall–Kier alpha value is -1.32. The first-order valence-corrected chi connectivity index (χ1v) is 4.71. The maximum absolute atomic E-state index is 11.5. The molecule has 14 heavy (non-hydrogen) atoms. The highest BCUT2D eigenvalue weighted by molar-refractivity contribution is 5.05. The quantitative estimate of drug-likeness (QED) is 0.724. The van der Waals surface area contributed by atoms with Crippen LogP contribution in [0, 0.1) is 0 Å². The van der Waals surface area contributed by atoms with E-state index in [1.54, 1.807) is 10.8 Å². The van der Waals surface area contributed by atoms with Crippen molar-refractivity contribution in [2.45, 2.75) is 39.7 Å². The van der Waals surface area contributed by atoms with Crippen molar-refractivity contribution >= 4 is 0 Å². The Kier molecular flexibility index (Phi) is 2.64. The first-order valence-electron chi connectivity index (χ1n) is 4.71. The number of aryl methyl sites for hydroxylation is 1. The number of H-pyrrole nitrogens is 1. The topological polar surface area (TPSA) is 54.9 Å². The Morgan fingerprint density at radius 2 is 1.93 bits per heavy atom. The summed E-state index contributed by atoms with van der Waals surface area (Å²) < 4.78 is 1.55. The highest BCUT2D eigenvalue weighted by atomic mass is 16.2. The molecule has 1 heterocycles. The summed E-state index contributed by atoms with van der Waals surface area (Å²) in [6, 6.07) is 0. The summed E-state index contributed by atoms with van der Waals surface area (Å²) in [4.78, 5) is 25.1. The van der Waals surface area contributed by atoms with Crippen LogP contribution in [0.25, 0.3) is 0 Å². The predicted molar refractivity (Wildman–Crippen MR) is 55.7 cm³/mol. The maximum atomic E-state index is 11.5. The third kappa shape index (κ3) is 1.95. The summed E-state index contributed by atoms with van der Waals surface area (Å²) in [5.41, 5.74) is -0.289. The van der Waals surface area contributed by atoms with Gasteiger partial charge in [-0.15, -0.1) is 0 Å². The first-order chi connectivity index (χ1) is 6.36. The second-order valence-corrected chi connectivity index (χ2v) is 4.31. The van der Waals surface area contributed by atoms with Gasteiger partial charge in [0.25, 0.3) is 5.56 Å². The number of rotatable bonds is 1. The van der Waals surface area contributed by atoms with E-state index in [9.17, 15) is 9.59 Å². The van der Waals surface area contributed by atoms with Gasteiger partial charge in [-0.1, -0.05) is 6.92 Å². The van der Waals surface area contributed by atoms with E-state index in [-0.39, 0.29) is 16.8 Å². The highest BCUT2D eigenvalue weighted by Gasteiger charge is 2.15. The summed E-state index contributed by atoms with van der Waals surface area (Å²) >= 11 is 0. The summed E-state index contributed by atoms with van der Waals surface area (Å²) in [6.45, 7) is 7.66. The largest absolute Gasteiger partial charge is 0.328 e. The minimum absolute atomic E-state index is 0.280. The molecule has 0 saturated heterocycles. The van der Waals surface area contributed by atoms with Crippen LogP contribution in [0.2, 0.25) is 0 Å². The number of aromatic nitrogens is 2. The van der Waals surface area contributed by atoms with Crippen LogP contribution in [-0.4, -0.2) is 9.55 Å². The van der Waals surface area contributed by atoms with Crippen LogP contribution in [0.4, 0.5) is 0 Å². The molecule has 1 N–H and O–H groups in total. The van der Waals surface area contributed by atoms with Crippen LogP contribution in [0.5, 0.6) is 0 Å². The van der Waals surface area contributed by atoms with Crippen molar-refractivity contribution in [2.75, 3.05) is 0 Å². The number of hydrogen-bond acceptors (Lipinski definition) is 2. The fourth-order valence-corrected chi connectivity index (χ4v) is 1.26. The van der Waals surface area contributed by atoms with E-state index in [1.165, 1.54) is 0 Å². The maximum Gasteiger partial charge on any atom is 0.328 e. The zero-order valence-electron chi connectivity index (χ0n) is 9.05. The van der Waals surface area contributed by atoms with Gasteiger partial charge >= 0.3 is 5.69 Å². The average molecular weight is 196 g/mol. The molecule has 78 valence electrons. The van der Waals surface area contributed by atoms with Crippen molar-refractivity contribution in [3.05, 3.63) is 32.6 Å². The molecule has 0 radical (unpaired) electrons. The molecule has 1 rings (SSSR count). The van der Waals surface area contributed by atoms with E-state index in [4.69, 9.17) is 0 Å². The molecule has 0 aliphatic rings. The van der Waals surface area contributed by atoms with E-state index >= 15 is 0 Å². The van der Waals surface area contributed by atoms with Crippen molar-refractivity contribution in [1.29, 1.82) is 0 Å². The van der Waals surface area contributed by atoms with Gasteiger partial charge in [-0.05, 0) is 27.2 Å². The van der Waals surface area contributed by atoms with E-state index in [1.807, 2.05) is 27.7 Å². The van der Waals surface area contributed by atoms with Crippen molar-refractivity contribution in [1.82, 2.24) is 9.55 Å². The molecule has 0 saturated carbocycles. The third-order valence-corrected chi connectivity index (χ3v) is 2.12. The molecule has 0 bridgehead atoms. The lowest BCUT2D eigenvalue weighted by Crippen LogP contribution is -2.39. The van der Waals surface area contributed by atoms with Gasteiger partial charge in [0.05, 0.1) is 0 Å². The van der Waals surface area contributed by atoms with Crippen molar-refractivity contribution in [3.8, 4) is 0 Å². The molecule has 4 heteroatoms. The van der Waals surface area contributed by atoms with E-state index in [2.05, 4.69) is 4.98 Å². The van der Waals surface area contributed by atoms with Gasteiger partial charge < -0.3 is 0 Å². The molecule has 0 amide bonds. The molecule has 0 spiro atoms. The van der Waals surface area contributed by atoms with Gasteiger partial charge in [0, 0.05) is 17.3 Å². The van der Waals surface area contributed by atoms with Gasteiger partial charge in [-0.3, -0.25) is 14.3 Å².